The van der Waals surface area contributed by atoms with Gasteiger partial charge in [-0.15, -0.1) is 11.8 Å². The Morgan fingerprint density at radius 1 is 0.882 bits per heavy atom. The first-order valence-corrected chi connectivity index (χ1v) is 12.7. The van der Waals surface area contributed by atoms with E-state index in [9.17, 15) is 5.26 Å². The van der Waals surface area contributed by atoms with E-state index >= 15 is 0 Å². The molecule has 1 aliphatic heterocycles. The molecule has 0 amide bonds. The molecule has 0 radical (unpaired) electrons. The summed E-state index contributed by atoms with van der Waals surface area (Å²) in [5, 5.41) is 19.6. The summed E-state index contributed by atoms with van der Waals surface area (Å²) in [6, 6.07) is 31.3. The number of hydrogen-bond acceptors (Lipinski definition) is 3. The molecule has 166 valence electrons. The summed E-state index contributed by atoms with van der Waals surface area (Å²) in [4.78, 5) is 3.22. The summed E-state index contributed by atoms with van der Waals surface area (Å²) < 4.78 is 0. The number of nitriles is 1. The van der Waals surface area contributed by atoms with Gasteiger partial charge in [0.2, 0.25) is 5.39 Å². The molecular formula is C30H26N3S+. The molecule has 2 aliphatic rings. The van der Waals surface area contributed by atoms with E-state index in [0.29, 0.717) is 33.6 Å². The lowest BCUT2D eigenvalue weighted by Gasteiger charge is -2.44. The molecule has 3 aromatic rings. The molecule has 1 fully saturated rings. The fourth-order valence-corrected chi connectivity index (χ4v) is 7.18. The molecular weight excluding hydrogens is 434 g/mol. The lowest BCUT2D eigenvalue weighted by atomic mass is 9.76. The van der Waals surface area contributed by atoms with Gasteiger partial charge in [0.15, 0.2) is 4.98 Å². The minimum atomic E-state index is 0.369. The van der Waals surface area contributed by atoms with Crippen molar-refractivity contribution in [2.75, 3.05) is 0 Å². The number of thioether (sulfide) groups is 1. The van der Waals surface area contributed by atoms with Gasteiger partial charge in [0.25, 0.3) is 0 Å². The first-order valence-electron chi connectivity index (χ1n) is 11.8. The van der Waals surface area contributed by atoms with Crippen molar-refractivity contribution in [1.82, 2.24) is 0 Å². The van der Waals surface area contributed by atoms with Crippen LogP contribution in [0.1, 0.15) is 47.1 Å². The molecule has 1 heterocycles. The summed E-state index contributed by atoms with van der Waals surface area (Å²) in [7, 11) is 0. The number of rotatable bonds is 4. The molecule has 1 aliphatic carbocycles. The van der Waals surface area contributed by atoms with Gasteiger partial charge < -0.3 is 0 Å². The van der Waals surface area contributed by atoms with Crippen LogP contribution in [0.3, 0.4) is 0 Å². The van der Waals surface area contributed by atoms with Crippen molar-refractivity contribution in [3.8, 4) is 6.07 Å². The first kappa shape index (κ1) is 22.2. The molecule has 0 spiro atoms. The second-order valence-corrected chi connectivity index (χ2v) is 10.3. The molecule has 4 unspecified atom stereocenters. The number of nitrogens with zero attached hydrogens (tertiary/aromatic N) is 3. The number of benzene rings is 3. The third-order valence-corrected chi connectivity index (χ3v) is 8.81. The van der Waals surface area contributed by atoms with Crippen molar-refractivity contribution in [3.63, 3.8) is 0 Å². The predicted octanol–water partition coefficient (Wildman–Crippen LogP) is 8.45. The third-order valence-electron chi connectivity index (χ3n) is 6.97. The molecule has 3 nitrogen and oxygen atoms in total. The molecule has 4 atom stereocenters. The van der Waals surface area contributed by atoms with Gasteiger partial charge in [0.05, 0.1) is 11.6 Å². The van der Waals surface area contributed by atoms with E-state index in [1.54, 1.807) is 12.1 Å². The SMILES string of the molecule is N#C/C(=C/C1=CCCC2CC(c3ccccc3)C(c3ccccc3)SC12)c1ccc([N+]#N)cc1. The maximum absolute atomic E-state index is 9.93. The van der Waals surface area contributed by atoms with Gasteiger partial charge in [-0.05, 0) is 65.7 Å². The number of diazo groups is 1. The molecule has 1 saturated heterocycles. The van der Waals surface area contributed by atoms with Crippen LogP contribution in [0.25, 0.3) is 10.5 Å². The van der Waals surface area contributed by atoms with Crippen LogP contribution < -0.4 is 0 Å². The fraction of sp³-hybridized carbons (Fsp3) is 0.233. The van der Waals surface area contributed by atoms with Crippen LogP contribution in [-0.2, 0) is 0 Å². The Morgan fingerprint density at radius 2 is 1.56 bits per heavy atom. The zero-order valence-corrected chi connectivity index (χ0v) is 19.7. The van der Waals surface area contributed by atoms with Crippen molar-refractivity contribution in [2.45, 2.75) is 35.7 Å². The average Bonchev–Trinajstić information content (AvgIpc) is 2.92. The van der Waals surface area contributed by atoms with Crippen LogP contribution in [-0.4, -0.2) is 5.25 Å². The third kappa shape index (κ3) is 4.56. The van der Waals surface area contributed by atoms with Crippen molar-refractivity contribution in [3.05, 3.63) is 124 Å². The van der Waals surface area contributed by atoms with Gasteiger partial charge in [-0.2, -0.15) is 5.26 Å². The van der Waals surface area contributed by atoms with E-state index < -0.39 is 0 Å². The van der Waals surface area contributed by atoms with E-state index in [0.717, 1.165) is 18.4 Å². The Hall–Kier alpha value is -3.60. The monoisotopic (exact) mass is 460 g/mol. The highest BCUT2D eigenvalue weighted by Crippen LogP contribution is 2.57. The fourth-order valence-electron chi connectivity index (χ4n) is 5.30. The number of fused-ring (bicyclic) bond motifs is 1. The Morgan fingerprint density at radius 3 is 2.21 bits per heavy atom. The van der Waals surface area contributed by atoms with E-state index in [-0.39, 0.29) is 0 Å². The molecule has 34 heavy (non-hydrogen) atoms. The molecule has 3 aromatic carbocycles. The van der Waals surface area contributed by atoms with Gasteiger partial charge >= 0.3 is 5.69 Å². The molecule has 0 N–H and O–H groups in total. The zero-order valence-electron chi connectivity index (χ0n) is 18.9. The van der Waals surface area contributed by atoms with Crippen molar-refractivity contribution in [1.29, 1.82) is 10.7 Å². The maximum Gasteiger partial charge on any atom is 0.385 e. The average molecular weight is 461 g/mol. The molecule has 0 bridgehead atoms. The minimum Gasteiger partial charge on any atom is -0.192 e. The van der Waals surface area contributed by atoms with Gasteiger partial charge in [-0.1, -0.05) is 66.7 Å². The van der Waals surface area contributed by atoms with Crippen LogP contribution in [0.4, 0.5) is 5.69 Å². The quantitative estimate of drug-likeness (QED) is 0.290. The molecule has 0 saturated carbocycles. The summed E-state index contributed by atoms with van der Waals surface area (Å²) >= 11 is 2.06. The largest absolute Gasteiger partial charge is 0.385 e. The summed E-state index contributed by atoms with van der Waals surface area (Å²) in [6.45, 7) is 0. The van der Waals surface area contributed by atoms with Crippen LogP contribution in [0.5, 0.6) is 0 Å². The Bertz CT molecular complexity index is 1280. The van der Waals surface area contributed by atoms with Crippen molar-refractivity contribution in [2.24, 2.45) is 5.92 Å². The number of hydrogen-bond donors (Lipinski definition) is 0. The standard InChI is InChI=1S/C30H26N3S/c31-20-26(21-14-16-27(33-32)17-15-21)18-24-12-7-13-25-19-28(22-8-3-1-4-9-22)30(34-29(24)25)23-10-5-2-6-11-23/h1-6,8-12,14-18,25,28-30H,7,13,19H2/q+1/b26-18-. The van der Waals surface area contributed by atoms with Gasteiger partial charge in [-0.25, -0.2) is 0 Å². The van der Waals surface area contributed by atoms with Crippen molar-refractivity contribution < 1.29 is 0 Å². The lowest BCUT2D eigenvalue weighted by molar-refractivity contribution is 0.382. The van der Waals surface area contributed by atoms with E-state index in [4.69, 9.17) is 5.39 Å². The van der Waals surface area contributed by atoms with E-state index in [2.05, 4.69) is 95.6 Å². The summed E-state index contributed by atoms with van der Waals surface area (Å²) in [5.74, 6) is 1.06. The second-order valence-electron chi connectivity index (χ2n) is 9.00. The van der Waals surface area contributed by atoms with Gasteiger partial charge in [0.1, 0.15) is 0 Å². The van der Waals surface area contributed by atoms with Crippen molar-refractivity contribution >= 4 is 23.0 Å². The summed E-state index contributed by atoms with van der Waals surface area (Å²) in [6.07, 6.45) is 7.80. The highest BCUT2D eigenvalue weighted by Gasteiger charge is 2.41. The Balaban J connectivity index is 1.49. The smallest absolute Gasteiger partial charge is 0.192 e. The minimum absolute atomic E-state index is 0.369. The molecule has 4 heteroatoms. The van der Waals surface area contributed by atoms with Crippen LogP contribution in [0.2, 0.25) is 0 Å². The zero-order chi connectivity index (χ0) is 23.3. The van der Waals surface area contributed by atoms with Gasteiger partial charge in [0, 0.05) is 28.6 Å². The normalized spacial score (nSPS) is 24.3. The Kier molecular flexibility index (Phi) is 6.61. The molecule has 0 aromatic heterocycles. The number of allylic oxidation sites excluding steroid dienone is 3. The van der Waals surface area contributed by atoms with Gasteiger partial charge in [-0.3, -0.25) is 0 Å². The second kappa shape index (κ2) is 10.1. The van der Waals surface area contributed by atoms with Crippen LogP contribution in [0, 0.1) is 22.6 Å². The van der Waals surface area contributed by atoms with Crippen LogP contribution >= 0.6 is 11.8 Å². The first-order chi connectivity index (χ1) is 16.8. The molecule has 5 rings (SSSR count). The predicted molar refractivity (Wildman–Crippen MR) is 140 cm³/mol. The van der Waals surface area contributed by atoms with E-state index in [1.165, 1.54) is 23.1 Å². The maximum atomic E-state index is 9.93. The van der Waals surface area contributed by atoms with Crippen LogP contribution in [0.15, 0.2) is 103 Å². The highest BCUT2D eigenvalue weighted by atomic mass is 32.2. The Labute approximate surface area is 205 Å². The lowest BCUT2D eigenvalue weighted by Crippen LogP contribution is -2.32. The highest BCUT2D eigenvalue weighted by molar-refractivity contribution is 8.00. The van der Waals surface area contributed by atoms with E-state index in [1.807, 2.05) is 12.1 Å². The summed E-state index contributed by atoms with van der Waals surface area (Å²) in [5.41, 5.74) is 6.04. The topological polar surface area (TPSA) is 51.9 Å².